The van der Waals surface area contributed by atoms with Crippen LogP contribution in [0.1, 0.15) is 44.8 Å². The number of esters is 1. The SMILES string of the molecule is CCOC(=O)CC(c1cnn(C(C)C)c1)N1CCOCC1. The summed E-state index contributed by atoms with van der Waals surface area (Å²) in [4.78, 5) is 14.2. The first kappa shape index (κ1) is 16.0. The van der Waals surface area contributed by atoms with Gasteiger partial charge in [0.1, 0.15) is 0 Å². The van der Waals surface area contributed by atoms with Crippen molar-refractivity contribution in [1.29, 1.82) is 0 Å². The lowest BCUT2D eigenvalue weighted by molar-refractivity contribution is -0.145. The van der Waals surface area contributed by atoms with Crippen LogP contribution in [0.4, 0.5) is 0 Å². The summed E-state index contributed by atoms with van der Waals surface area (Å²) >= 11 is 0. The Hall–Kier alpha value is -1.40. The van der Waals surface area contributed by atoms with Gasteiger partial charge in [-0.25, -0.2) is 0 Å². The molecule has 1 atom stereocenters. The summed E-state index contributed by atoms with van der Waals surface area (Å²) in [5.74, 6) is -0.161. The smallest absolute Gasteiger partial charge is 0.307 e. The largest absolute Gasteiger partial charge is 0.466 e. The first-order valence-electron chi connectivity index (χ1n) is 7.63. The minimum Gasteiger partial charge on any atom is -0.466 e. The van der Waals surface area contributed by atoms with Crippen LogP contribution in [0.2, 0.25) is 0 Å². The molecule has 1 fully saturated rings. The molecule has 0 aromatic carbocycles. The standard InChI is InChI=1S/C15H25N3O3/c1-4-21-15(19)9-14(17-5-7-20-8-6-17)13-10-16-18(11-13)12(2)3/h10-12,14H,4-9H2,1-3H3. The first-order chi connectivity index (χ1) is 10.1. The van der Waals surface area contributed by atoms with Gasteiger partial charge in [0.15, 0.2) is 0 Å². The van der Waals surface area contributed by atoms with Crippen molar-refractivity contribution in [1.82, 2.24) is 14.7 Å². The van der Waals surface area contributed by atoms with Gasteiger partial charge >= 0.3 is 5.97 Å². The van der Waals surface area contributed by atoms with Crippen LogP contribution in [0.25, 0.3) is 0 Å². The van der Waals surface area contributed by atoms with Crippen molar-refractivity contribution in [3.63, 3.8) is 0 Å². The fourth-order valence-electron chi connectivity index (χ4n) is 2.53. The first-order valence-corrected chi connectivity index (χ1v) is 7.63. The van der Waals surface area contributed by atoms with E-state index < -0.39 is 0 Å². The van der Waals surface area contributed by atoms with E-state index in [2.05, 4.69) is 23.8 Å². The molecule has 0 bridgehead atoms. The van der Waals surface area contributed by atoms with Gasteiger partial charge in [-0.3, -0.25) is 14.4 Å². The Bertz CT molecular complexity index is 453. The second kappa shape index (κ2) is 7.56. The van der Waals surface area contributed by atoms with Crippen LogP contribution in [-0.2, 0) is 14.3 Å². The fourth-order valence-corrected chi connectivity index (χ4v) is 2.53. The quantitative estimate of drug-likeness (QED) is 0.749. The Kier molecular flexibility index (Phi) is 5.76. The Morgan fingerprint density at radius 1 is 1.43 bits per heavy atom. The van der Waals surface area contributed by atoms with Crippen LogP contribution in [0.3, 0.4) is 0 Å². The molecule has 1 aliphatic heterocycles. The van der Waals surface area contributed by atoms with Gasteiger partial charge < -0.3 is 9.47 Å². The van der Waals surface area contributed by atoms with E-state index in [1.807, 2.05) is 24.0 Å². The van der Waals surface area contributed by atoms with E-state index >= 15 is 0 Å². The second-order valence-corrected chi connectivity index (χ2v) is 5.52. The number of ether oxygens (including phenoxy) is 2. The number of hydrogen-bond donors (Lipinski definition) is 0. The third kappa shape index (κ3) is 4.28. The lowest BCUT2D eigenvalue weighted by atomic mass is 10.1. The van der Waals surface area contributed by atoms with Crippen molar-refractivity contribution >= 4 is 5.97 Å². The predicted octanol–water partition coefficient (Wildman–Crippen LogP) is 1.79. The van der Waals surface area contributed by atoms with Gasteiger partial charge in [0.2, 0.25) is 0 Å². The van der Waals surface area contributed by atoms with E-state index in [0.29, 0.717) is 32.3 Å². The fraction of sp³-hybridized carbons (Fsp3) is 0.733. The highest BCUT2D eigenvalue weighted by molar-refractivity contribution is 5.70. The average Bonchev–Trinajstić information content (AvgIpc) is 2.96. The summed E-state index contributed by atoms with van der Waals surface area (Å²) in [6.45, 7) is 9.50. The molecule has 0 aliphatic carbocycles. The molecule has 0 amide bonds. The summed E-state index contributed by atoms with van der Waals surface area (Å²) in [6.07, 6.45) is 4.25. The highest BCUT2D eigenvalue weighted by atomic mass is 16.5. The third-order valence-corrected chi connectivity index (χ3v) is 3.69. The van der Waals surface area contributed by atoms with Crippen LogP contribution in [0.15, 0.2) is 12.4 Å². The van der Waals surface area contributed by atoms with Crippen molar-refractivity contribution in [2.75, 3.05) is 32.9 Å². The third-order valence-electron chi connectivity index (χ3n) is 3.69. The van der Waals surface area contributed by atoms with Crippen molar-refractivity contribution in [2.24, 2.45) is 0 Å². The van der Waals surface area contributed by atoms with Gasteiger partial charge in [-0.1, -0.05) is 0 Å². The predicted molar refractivity (Wildman–Crippen MR) is 79.0 cm³/mol. The molecular weight excluding hydrogens is 270 g/mol. The van der Waals surface area contributed by atoms with Gasteiger partial charge in [-0.05, 0) is 20.8 Å². The molecule has 1 aliphatic rings. The Labute approximate surface area is 126 Å². The summed E-state index contributed by atoms with van der Waals surface area (Å²) < 4.78 is 12.4. The van der Waals surface area contributed by atoms with Crippen molar-refractivity contribution in [2.45, 2.75) is 39.3 Å². The molecule has 1 aromatic rings. The maximum Gasteiger partial charge on any atom is 0.307 e. The number of aromatic nitrogens is 2. The van der Waals surface area contributed by atoms with E-state index in [1.54, 1.807) is 0 Å². The lowest BCUT2D eigenvalue weighted by Crippen LogP contribution is -2.40. The number of carbonyl (C=O) groups excluding carboxylic acids is 1. The van der Waals surface area contributed by atoms with E-state index in [1.165, 1.54) is 0 Å². The van der Waals surface area contributed by atoms with Crippen molar-refractivity contribution in [3.8, 4) is 0 Å². The zero-order valence-electron chi connectivity index (χ0n) is 13.1. The van der Waals surface area contributed by atoms with E-state index in [4.69, 9.17) is 9.47 Å². The van der Waals surface area contributed by atoms with Crippen LogP contribution in [0, 0.1) is 0 Å². The molecule has 6 heteroatoms. The summed E-state index contributed by atoms with van der Waals surface area (Å²) in [6, 6.07) is 0.326. The van der Waals surface area contributed by atoms with Gasteiger partial charge in [-0.2, -0.15) is 5.10 Å². The van der Waals surface area contributed by atoms with Crippen molar-refractivity contribution in [3.05, 3.63) is 18.0 Å². The number of rotatable bonds is 6. The highest BCUT2D eigenvalue weighted by Gasteiger charge is 2.27. The molecule has 0 radical (unpaired) electrons. The molecule has 6 nitrogen and oxygen atoms in total. The minimum absolute atomic E-state index is 0.0143. The molecule has 1 saturated heterocycles. The Morgan fingerprint density at radius 2 is 2.14 bits per heavy atom. The molecule has 0 saturated carbocycles. The van der Waals surface area contributed by atoms with E-state index in [-0.39, 0.29) is 12.0 Å². The molecule has 2 rings (SSSR count). The topological polar surface area (TPSA) is 56.6 Å². The molecular formula is C15H25N3O3. The average molecular weight is 295 g/mol. The van der Waals surface area contributed by atoms with Crippen molar-refractivity contribution < 1.29 is 14.3 Å². The van der Waals surface area contributed by atoms with Crippen LogP contribution >= 0.6 is 0 Å². The molecule has 0 N–H and O–H groups in total. The number of morpholine rings is 1. The summed E-state index contributed by atoms with van der Waals surface area (Å²) in [5.41, 5.74) is 1.07. The van der Waals surface area contributed by atoms with Crippen LogP contribution in [0.5, 0.6) is 0 Å². The number of nitrogens with zero attached hydrogens (tertiary/aromatic N) is 3. The van der Waals surface area contributed by atoms with Crippen LogP contribution < -0.4 is 0 Å². The maximum absolute atomic E-state index is 11.9. The second-order valence-electron chi connectivity index (χ2n) is 5.52. The Balaban J connectivity index is 2.14. The van der Waals surface area contributed by atoms with E-state index in [0.717, 1.165) is 18.7 Å². The Morgan fingerprint density at radius 3 is 2.71 bits per heavy atom. The van der Waals surface area contributed by atoms with Gasteiger partial charge in [0.25, 0.3) is 0 Å². The monoisotopic (exact) mass is 295 g/mol. The number of carbonyl (C=O) groups is 1. The molecule has 0 spiro atoms. The summed E-state index contributed by atoms with van der Waals surface area (Å²) in [7, 11) is 0. The van der Waals surface area contributed by atoms with Crippen LogP contribution in [-0.4, -0.2) is 53.6 Å². The minimum atomic E-state index is -0.161. The lowest BCUT2D eigenvalue weighted by Gasteiger charge is -2.33. The molecule has 2 heterocycles. The van der Waals surface area contributed by atoms with E-state index in [9.17, 15) is 4.79 Å². The van der Waals surface area contributed by atoms with Gasteiger partial charge in [0.05, 0.1) is 32.4 Å². The number of hydrogen-bond acceptors (Lipinski definition) is 5. The normalized spacial score (nSPS) is 17.9. The molecule has 21 heavy (non-hydrogen) atoms. The highest BCUT2D eigenvalue weighted by Crippen LogP contribution is 2.26. The zero-order valence-corrected chi connectivity index (χ0v) is 13.1. The maximum atomic E-state index is 11.9. The molecule has 118 valence electrons. The molecule has 1 aromatic heterocycles. The molecule has 1 unspecified atom stereocenters. The van der Waals surface area contributed by atoms with Gasteiger partial charge in [0, 0.05) is 36.9 Å². The zero-order chi connectivity index (χ0) is 15.2. The van der Waals surface area contributed by atoms with Gasteiger partial charge in [-0.15, -0.1) is 0 Å². The summed E-state index contributed by atoms with van der Waals surface area (Å²) in [5, 5.41) is 4.39.